The molecule has 1 aromatic heterocycles. The van der Waals surface area contributed by atoms with E-state index in [-0.39, 0.29) is 17.6 Å². The second-order valence-electron chi connectivity index (χ2n) is 5.36. The van der Waals surface area contributed by atoms with Gasteiger partial charge in [0, 0.05) is 12.1 Å². The number of carbonyl (C=O) groups is 1. The van der Waals surface area contributed by atoms with Crippen LogP contribution in [0, 0.1) is 0 Å². The average Bonchev–Trinajstić information content (AvgIpc) is 3.01. The summed E-state index contributed by atoms with van der Waals surface area (Å²) >= 11 is 0. The number of rotatable bonds is 4. The molecule has 5 nitrogen and oxygen atoms in total. The Hall–Kier alpha value is -1.49. The first-order valence-corrected chi connectivity index (χ1v) is 6.93. The van der Waals surface area contributed by atoms with E-state index in [1.807, 2.05) is 6.92 Å². The van der Waals surface area contributed by atoms with Gasteiger partial charge in [0.25, 0.3) is 0 Å². The highest BCUT2D eigenvalue weighted by atomic mass is 16.5. The van der Waals surface area contributed by atoms with E-state index in [1.54, 1.807) is 0 Å². The van der Waals surface area contributed by atoms with Gasteiger partial charge in [-0.3, -0.25) is 0 Å². The first-order chi connectivity index (χ1) is 9.19. The summed E-state index contributed by atoms with van der Waals surface area (Å²) in [5, 5.41) is 9.15. The Morgan fingerprint density at radius 3 is 2.95 bits per heavy atom. The van der Waals surface area contributed by atoms with Crippen LogP contribution in [0.4, 0.5) is 0 Å². The zero-order valence-electron chi connectivity index (χ0n) is 11.0. The van der Waals surface area contributed by atoms with E-state index < -0.39 is 5.97 Å². The highest BCUT2D eigenvalue weighted by Gasteiger charge is 2.43. The third-order valence-corrected chi connectivity index (χ3v) is 4.04. The summed E-state index contributed by atoms with van der Waals surface area (Å²) in [4.78, 5) is 19.9. The van der Waals surface area contributed by atoms with Crippen molar-refractivity contribution in [1.29, 1.82) is 0 Å². The Bertz CT molecular complexity index is 503. The predicted octanol–water partition coefficient (Wildman–Crippen LogP) is 2.16. The number of aromatic nitrogens is 2. The van der Waals surface area contributed by atoms with Gasteiger partial charge in [-0.25, -0.2) is 14.8 Å². The summed E-state index contributed by atoms with van der Waals surface area (Å²) in [6, 6.07) is 0. The molecule has 1 N–H and O–H groups in total. The van der Waals surface area contributed by atoms with Gasteiger partial charge in [-0.2, -0.15) is 0 Å². The number of ether oxygens (including phenoxy) is 1. The number of aryl methyl sites for hydroxylation is 1. The van der Waals surface area contributed by atoms with Crippen molar-refractivity contribution in [3.8, 4) is 0 Å². The minimum Gasteiger partial charge on any atom is -0.478 e. The minimum atomic E-state index is -0.945. The van der Waals surface area contributed by atoms with E-state index in [1.165, 1.54) is 6.20 Å². The second-order valence-corrected chi connectivity index (χ2v) is 5.36. The number of aromatic carboxylic acids is 1. The minimum absolute atomic E-state index is 0.231. The van der Waals surface area contributed by atoms with E-state index in [2.05, 4.69) is 9.97 Å². The summed E-state index contributed by atoms with van der Waals surface area (Å²) in [5.74, 6) is 0.0667. The summed E-state index contributed by atoms with van der Waals surface area (Å²) in [6.45, 7) is 2.02. The Kier molecular flexibility index (Phi) is 3.22. The molecule has 2 aliphatic rings. The number of hydrogen-bond donors (Lipinski definition) is 1. The van der Waals surface area contributed by atoms with Crippen LogP contribution in [0.3, 0.4) is 0 Å². The van der Waals surface area contributed by atoms with Crippen molar-refractivity contribution >= 4 is 5.97 Å². The maximum Gasteiger partial charge on any atom is 0.339 e. The van der Waals surface area contributed by atoms with E-state index in [0.29, 0.717) is 18.2 Å². The molecule has 0 saturated carbocycles. The smallest absolute Gasteiger partial charge is 0.339 e. The molecule has 102 valence electrons. The third-order valence-electron chi connectivity index (χ3n) is 4.04. The Labute approximate surface area is 112 Å². The van der Waals surface area contributed by atoms with Gasteiger partial charge in [0.2, 0.25) is 0 Å². The van der Waals surface area contributed by atoms with Gasteiger partial charge < -0.3 is 9.84 Å². The van der Waals surface area contributed by atoms with Crippen LogP contribution in [0.5, 0.6) is 0 Å². The number of nitrogens with zero attached hydrogens (tertiary/aromatic N) is 2. The van der Waals surface area contributed by atoms with Crippen LogP contribution in [-0.4, -0.2) is 33.3 Å². The third kappa shape index (κ3) is 2.23. The maximum absolute atomic E-state index is 11.2. The number of carboxylic acid groups (broad SMARTS) is 1. The Morgan fingerprint density at radius 2 is 2.37 bits per heavy atom. The van der Waals surface area contributed by atoms with Crippen molar-refractivity contribution in [3.05, 3.63) is 23.3 Å². The molecular weight excluding hydrogens is 244 g/mol. The molecule has 2 saturated heterocycles. The molecule has 0 aliphatic carbocycles. The van der Waals surface area contributed by atoms with Gasteiger partial charge in [-0.15, -0.1) is 0 Å². The first kappa shape index (κ1) is 12.5. The van der Waals surface area contributed by atoms with Crippen LogP contribution in [-0.2, 0) is 11.2 Å². The van der Waals surface area contributed by atoms with Crippen molar-refractivity contribution in [1.82, 2.24) is 9.97 Å². The van der Waals surface area contributed by atoms with Crippen molar-refractivity contribution in [2.45, 2.75) is 57.2 Å². The van der Waals surface area contributed by atoms with Gasteiger partial charge in [-0.1, -0.05) is 13.3 Å². The molecule has 2 aliphatic heterocycles. The lowest BCUT2D eigenvalue weighted by atomic mass is 9.88. The fraction of sp³-hybridized carbons (Fsp3) is 0.643. The molecule has 2 fully saturated rings. The molecule has 3 unspecified atom stereocenters. The van der Waals surface area contributed by atoms with Gasteiger partial charge in [0.05, 0.1) is 23.5 Å². The number of hydrogen-bond acceptors (Lipinski definition) is 4. The standard InChI is InChI=1S/C14H18N2O3/c1-2-3-11-10(14(17)18)7-15-13(16-11)9-6-8-4-5-12(9)19-8/h7-9,12H,2-6H2,1H3,(H,17,18). The van der Waals surface area contributed by atoms with E-state index >= 15 is 0 Å². The largest absolute Gasteiger partial charge is 0.478 e. The highest BCUT2D eigenvalue weighted by Crippen LogP contribution is 2.43. The van der Waals surface area contributed by atoms with Crippen LogP contribution in [0.1, 0.15) is 60.4 Å². The quantitative estimate of drug-likeness (QED) is 0.900. The van der Waals surface area contributed by atoms with Crippen LogP contribution in [0.25, 0.3) is 0 Å². The average molecular weight is 262 g/mol. The molecule has 0 radical (unpaired) electrons. The van der Waals surface area contributed by atoms with Crippen LogP contribution in [0.2, 0.25) is 0 Å². The molecule has 3 heterocycles. The van der Waals surface area contributed by atoms with Crippen molar-refractivity contribution in [3.63, 3.8) is 0 Å². The maximum atomic E-state index is 11.2. The summed E-state index contributed by atoms with van der Waals surface area (Å²) < 4.78 is 5.82. The zero-order valence-corrected chi connectivity index (χ0v) is 11.0. The van der Waals surface area contributed by atoms with Crippen molar-refractivity contribution in [2.75, 3.05) is 0 Å². The monoisotopic (exact) mass is 262 g/mol. The van der Waals surface area contributed by atoms with Crippen LogP contribution in [0.15, 0.2) is 6.20 Å². The second kappa shape index (κ2) is 4.89. The van der Waals surface area contributed by atoms with Gasteiger partial charge in [0.15, 0.2) is 0 Å². The Balaban J connectivity index is 1.90. The van der Waals surface area contributed by atoms with Gasteiger partial charge >= 0.3 is 5.97 Å². The van der Waals surface area contributed by atoms with Crippen LogP contribution < -0.4 is 0 Å². The molecule has 5 heteroatoms. The van der Waals surface area contributed by atoms with E-state index in [0.717, 1.165) is 31.5 Å². The lowest BCUT2D eigenvalue weighted by Crippen LogP contribution is -2.19. The molecule has 3 rings (SSSR count). The molecule has 0 aromatic carbocycles. The molecule has 2 bridgehead atoms. The van der Waals surface area contributed by atoms with Gasteiger partial charge in [0.1, 0.15) is 5.82 Å². The van der Waals surface area contributed by atoms with E-state index in [9.17, 15) is 4.79 Å². The first-order valence-electron chi connectivity index (χ1n) is 6.93. The molecule has 19 heavy (non-hydrogen) atoms. The molecule has 0 spiro atoms. The lowest BCUT2D eigenvalue weighted by Gasteiger charge is -2.18. The fourth-order valence-corrected chi connectivity index (χ4v) is 3.13. The summed E-state index contributed by atoms with van der Waals surface area (Å²) in [5.41, 5.74) is 0.887. The summed E-state index contributed by atoms with van der Waals surface area (Å²) in [7, 11) is 0. The topological polar surface area (TPSA) is 72.3 Å². The number of fused-ring (bicyclic) bond motifs is 2. The molecule has 3 atom stereocenters. The fourth-order valence-electron chi connectivity index (χ4n) is 3.13. The molecule has 0 amide bonds. The molecular formula is C14H18N2O3. The van der Waals surface area contributed by atoms with Crippen molar-refractivity contribution in [2.24, 2.45) is 0 Å². The lowest BCUT2D eigenvalue weighted by molar-refractivity contribution is 0.0694. The normalized spacial score (nSPS) is 28.8. The van der Waals surface area contributed by atoms with Crippen LogP contribution >= 0.6 is 0 Å². The van der Waals surface area contributed by atoms with Crippen molar-refractivity contribution < 1.29 is 14.6 Å². The predicted molar refractivity (Wildman–Crippen MR) is 68.2 cm³/mol. The molecule has 1 aromatic rings. The zero-order chi connectivity index (χ0) is 13.4. The van der Waals surface area contributed by atoms with E-state index in [4.69, 9.17) is 9.84 Å². The number of carboxylic acids is 1. The highest BCUT2D eigenvalue weighted by molar-refractivity contribution is 5.88. The Morgan fingerprint density at radius 1 is 1.53 bits per heavy atom. The SMILES string of the molecule is CCCc1nc(C2CC3CCC2O3)ncc1C(=O)O. The van der Waals surface area contributed by atoms with Gasteiger partial charge in [-0.05, 0) is 25.7 Å². The summed E-state index contributed by atoms with van der Waals surface area (Å²) in [6.07, 6.45) is 6.79.